The zero-order chi connectivity index (χ0) is 58.2. The van der Waals surface area contributed by atoms with E-state index >= 15 is 0 Å². The van der Waals surface area contributed by atoms with Gasteiger partial charge >= 0.3 is 0 Å². The highest BCUT2D eigenvalue weighted by atomic mass is 127. The maximum atomic E-state index is 13.8. The molecule has 6 aromatic rings. The number of amidine groups is 1. The van der Waals surface area contributed by atoms with Gasteiger partial charge in [-0.25, -0.2) is 9.98 Å². The van der Waals surface area contributed by atoms with E-state index in [1.165, 1.54) is 6.42 Å². The van der Waals surface area contributed by atoms with E-state index in [0.29, 0.717) is 49.0 Å². The van der Waals surface area contributed by atoms with Gasteiger partial charge in [-0.15, -0.1) is 24.0 Å². The third-order valence-corrected chi connectivity index (χ3v) is 18.4. The molecule has 0 aromatic heterocycles. The van der Waals surface area contributed by atoms with E-state index in [4.69, 9.17) is 37.2 Å². The summed E-state index contributed by atoms with van der Waals surface area (Å²) in [5.74, 6) is 3.22. The predicted octanol–water partition coefficient (Wildman–Crippen LogP) is 15.4. The molecule has 6 aromatic carbocycles. The number of nitrogens with zero attached hydrogens (tertiary/aromatic N) is 4. The van der Waals surface area contributed by atoms with E-state index in [1.807, 2.05) is 145 Å². The first-order chi connectivity index (χ1) is 39.6. The number of fused-ring (bicyclic) bond motifs is 6. The number of nitrogens with one attached hydrogen (secondary N) is 2. The number of guanidine groups is 1. The summed E-state index contributed by atoms with van der Waals surface area (Å²) in [6.45, 7) is 9.66. The van der Waals surface area contributed by atoms with Gasteiger partial charge in [0.15, 0.2) is 32.9 Å². The first-order valence-electron chi connectivity index (χ1n) is 27.6. The quantitative estimate of drug-likeness (QED) is 0.0579. The lowest BCUT2D eigenvalue weighted by Crippen LogP contribution is -2.48. The molecule has 0 saturated carbocycles. The monoisotopic (exact) mass is 1540 g/mol. The number of thioether (sulfide) groups is 1. The SMILES string of the molecule is CCCBr.CCCN1C(=O)C2(CC(c3ccccc3)Oc3ccc(Br)cc32)N=C1N.CCCSC1=NC2(CC(c3ccccc3)Oc3ccc(Br)cc32)C(=O)N1CCC.I.N.O=C1NC(=S)NC12CC(c1ccccc1)Oc1ccc(Br)cc12. The van der Waals surface area contributed by atoms with Crippen molar-refractivity contribution in [2.75, 3.05) is 24.2 Å². The van der Waals surface area contributed by atoms with Gasteiger partial charge in [-0.3, -0.25) is 24.2 Å². The summed E-state index contributed by atoms with van der Waals surface area (Å²) in [4.78, 5) is 53.2. The van der Waals surface area contributed by atoms with Gasteiger partial charge in [0.1, 0.15) is 35.6 Å². The van der Waals surface area contributed by atoms with Crippen molar-refractivity contribution in [2.24, 2.45) is 15.7 Å². The fraction of sp³-hybridized carbons (Fsp3) is 0.333. The molecule has 0 radical (unpaired) electrons. The highest BCUT2D eigenvalue weighted by Gasteiger charge is 2.57. The Morgan fingerprint density at radius 3 is 1.42 bits per heavy atom. The second-order valence-electron chi connectivity index (χ2n) is 20.4. The standard InChI is InChI=1S/C23H25BrN2O2S.C20H20BrN3O2.C17H13BrN2O2S.C3H7Br.HI.H3N/c1-3-12-26-21(27)23(25-22(26)29-13-4-2)15-20(16-8-6-5-7-9-16)28-19-11-10-17(24)14-18(19)23;1-2-10-24-18(25)20(23-19(24)22)12-17(13-6-4-3-5-7-13)26-16-9-8-14(21)11-15(16)20;18-11-6-7-13-12(8-11)17(15(21)19-16(23)20-17)9-14(22-13)10-4-2-1-3-5-10;1-2-3-4;;/h5-11,14,20H,3-4,12-13,15H2,1-2H3;3-9,11,17H,2,10,12H2,1H3,(H2,22,23);1-8,14H,9H2,(H2,19,20,21,23);2-3H2,1H3;1H;1H3. The van der Waals surface area contributed by atoms with Crippen LogP contribution in [0.15, 0.2) is 169 Å². The van der Waals surface area contributed by atoms with Crippen LogP contribution in [0, 0.1) is 0 Å². The first kappa shape index (κ1) is 66.6. The number of halogens is 5. The van der Waals surface area contributed by atoms with Gasteiger partial charge < -0.3 is 36.7 Å². The average molecular weight is 1540 g/mol. The largest absolute Gasteiger partial charge is 0.485 e. The molecule has 7 N–H and O–H groups in total. The van der Waals surface area contributed by atoms with Crippen molar-refractivity contribution in [3.63, 3.8) is 0 Å². The zero-order valence-corrected chi connectivity index (χ0v) is 57.4. The van der Waals surface area contributed by atoms with Gasteiger partial charge in [0.05, 0.1) is 0 Å². The molecular formula is C63H69Br4IN8O6S2. The summed E-state index contributed by atoms with van der Waals surface area (Å²) >= 11 is 20.6. The number of rotatable bonds is 10. The summed E-state index contributed by atoms with van der Waals surface area (Å²) in [7, 11) is 0. The molecule has 0 aliphatic carbocycles. The normalized spacial score (nSPS) is 22.9. The van der Waals surface area contributed by atoms with E-state index in [-0.39, 0.29) is 72.1 Å². The van der Waals surface area contributed by atoms with Gasteiger partial charge in [0.2, 0.25) is 0 Å². The van der Waals surface area contributed by atoms with E-state index in [2.05, 4.69) is 112 Å². The van der Waals surface area contributed by atoms with Crippen LogP contribution in [0.1, 0.15) is 124 Å². The molecule has 1 saturated heterocycles. The van der Waals surface area contributed by atoms with Crippen LogP contribution in [0.4, 0.5) is 0 Å². The van der Waals surface area contributed by atoms with E-state index < -0.39 is 16.6 Å². The molecule has 6 aliphatic heterocycles. The smallest absolute Gasteiger partial charge is 0.262 e. The number of aliphatic imine (C=N–C) groups is 2. The number of hydrogen-bond acceptors (Lipinski definition) is 12. The first-order valence-corrected chi connectivity index (χ1v) is 32.5. The Bertz CT molecular complexity index is 3370. The second-order valence-corrected chi connectivity index (χ2v) is 25.4. The van der Waals surface area contributed by atoms with Crippen LogP contribution < -0.4 is 36.7 Å². The van der Waals surface area contributed by atoms with Crippen molar-refractivity contribution in [2.45, 2.75) is 108 Å². The molecule has 6 atom stereocenters. The third kappa shape index (κ3) is 13.9. The van der Waals surface area contributed by atoms with Crippen molar-refractivity contribution in [1.29, 1.82) is 0 Å². The minimum absolute atomic E-state index is 0. The molecule has 3 amide bonds. The summed E-state index contributed by atoms with van der Waals surface area (Å²) in [6.07, 6.45) is 4.73. The topological polar surface area (TPSA) is 195 Å². The van der Waals surface area contributed by atoms with Crippen molar-refractivity contribution in [3.05, 3.63) is 192 Å². The van der Waals surface area contributed by atoms with E-state index in [9.17, 15) is 14.4 Å². The van der Waals surface area contributed by atoms with E-state index in [1.54, 1.807) is 16.7 Å². The van der Waals surface area contributed by atoms with Crippen LogP contribution in [-0.4, -0.2) is 67.9 Å². The predicted molar refractivity (Wildman–Crippen MR) is 365 cm³/mol. The highest BCUT2D eigenvalue weighted by molar-refractivity contribution is 14.0. The fourth-order valence-electron chi connectivity index (χ4n) is 10.9. The number of thiocarbonyl (C=S) groups is 1. The van der Waals surface area contributed by atoms with Crippen LogP contribution in [-0.2, 0) is 31.0 Å². The lowest BCUT2D eigenvalue weighted by Gasteiger charge is -2.38. The van der Waals surface area contributed by atoms with Crippen molar-refractivity contribution < 1.29 is 28.6 Å². The lowest BCUT2D eigenvalue weighted by atomic mass is 9.80. The maximum absolute atomic E-state index is 13.8. The van der Waals surface area contributed by atoms with Gasteiger partial charge in [0.25, 0.3) is 17.7 Å². The minimum Gasteiger partial charge on any atom is -0.485 e. The molecular weight excluding hydrogens is 1480 g/mol. The summed E-state index contributed by atoms with van der Waals surface area (Å²) in [6, 6.07) is 47.3. The number of benzene rings is 6. The molecule has 12 rings (SSSR count). The molecule has 1 fully saturated rings. The Morgan fingerprint density at radius 2 is 1.00 bits per heavy atom. The third-order valence-electron chi connectivity index (χ3n) is 14.7. The minimum atomic E-state index is -1.03. The van der Waals surface area contributed by atoms with Crippen molar-refractivity contribution in [3.8, 4) is 17.2 Å². The maximum Gasteiger partial charge on any atom is 0.262 e. The van der Waals surface area contributed by atoms with Crippen LogP contribution in [0.5, 0.6) is 17.2 Å². The second kappa shape index (κ2) is 29.7. The summed E-state index contributed by atoms with van der Waals surface area (Å²) < 4.78 is 21.5. The molecule has 444 valence electrons. The Kier molecular flexibility index (Phi) is 23.5. The highest BCUT2D eigenvalue weighted by Crippen LogP contribution is 2.53. The summed E-state index contributed by atoms with van der Waals surface area (Å²) in [5, 5.41) is 8.23. The van der Waals surface area contributed by atoms with Crippen LogP contribution in [0.3, 0.4) is 0 Å². The Morgan fingerprint density at radius 1 is 0.595 bits per heavy atom. The van der Waals surface area contributed by atoms with Crippen LogP contribution in [0.2, 0.25) is 0 Å². The van der Waals surface area contributed by atoms with Gasteiger partial charge in [-0.05, 0) is 109 Å². The van der Waals surface area contributed by atoms with E-state index in [0.717, 1.165) is 88.1 Å². The molecule has 3 spiro atoms. The molecule has 6 heterocycles. The number of carbonyl (C=O) groups is 3. The average Bonchev–Trinajstić information content (AvgIpc) is 1.67. The van der Waals surface area contributed by atoms with Gasteiger partial charge in [-0.1, -0.05) is 194 Å². The van der Waals surface area contributed by atoms with Crippen LogP contribution in [0.25, 0.3) is 0 Å². The fourth-order valence-corrected chi connectivity index (χ4v) is 13.2. The number of hydrogen-bond donors (Lipinski definition) is 4. The molecule has 6 unspecified atom stereocenters. The van der Waals surface area contributed by atoms with Gasteiger partial charge in [0, 0.05) is 73.5 Å². The Hall–Kier alpha value is -4.88. The molecule has 0 bridgehead atoms. The van der Waals surface area contributed by atoms with Gasteiger partial charge in [-0.2, -0.15) is 0 Å². The summed E-state index contributed by atoms with van der Waals surface area (Å²) in [5.41, 5.74) is 8.85. The number of carbonyl (C=O) groups excluding carboxylic acids is 3. The van der Waals surface area contributed by atoms with Crippen LogP contribution >= 0.6 is 112 Å². The zero-order valence-electron chi connectivity index (χ0n) is 47.1. The Balaban J connectivity index is 0.000000174. The molecule has 84 heavy (non-hydrogen) atoms. The lowest BCUT2D eigenvalue weighted by molar-refractivity contribution is -0.134. The number of alkyl halides is 1. The number of nitrogens with two attached hydrogens (primary N) is 1. The molecule has 14 nitrogen and oxygen atoms in total. The molecule has 21 heteroatoms. The van der Waals surface area contributed by atoms with Crippen molar-refractivity contribution in [1.82, 2.24) is 26.6 Å². The molecule has 6 aliphatic rings. The number of ether oxygens (including phenoxy) is 3. The Labute approximate surface area is 552 Å². The van der Waals surface area contributed by atoms with Crippen molar-refractivity contribution >= 4 is 146 Å². The number of amides is 3.